The molecule has 1 aromatic carbocycles. The summed E-state index contributed by atoms with van der Waals surface area (Å²) < 4.78 is 1.69. The van der Waals surface area contributed by atoms with Crippen molar-refractivity contribution in [3.8, 4) is 5.75 Å². The second-order valence-electron chi connectivity index (χ2n) is 11.3. The summed E-state index contributed by atoms with van der Waals surface area (Å²) in [6, 6.07) is 2.25. The van der Waals surface area contributed by atoms with Crippen LogP contribution in [0.2, 0.25) is 0 Å². The number of aliphatic hydroxyl groups excluding tert-OH is 2. The van der Waals surface area contributed by atoms with E-state index in [2.05, 4.69) is 0 Å². The fourth-order valence-corrected chi connectivity index (χ4v) is 6.69. The van der Waals surface area contributed by atoms with Crippen LogP contribution < -0.4 is 10.6 Å². The number of aromatic hydroxyl groups is 1. The van der Waals surface area contributed by atoms with Gasteiger partial charge in [0.15, 0.2) is 17.7 Å². The molecule has 5 rings (SSSR count). The molecule has 12 nitrogen and oxygen atoms in total. The van der Waals surface area contributed by atoms with E-state index in [0.29, 0.717) is 28.7 Å². The Morgan fingerprint density at radius 1 is 1.20 bits per heavy atom. The van der Waals surface area contributed by atoms with E-state index in [1.54, 1.807) is 57.3 Å². The Bertz CT molecular complexity index is 1580. The highest BCUT2D eigenvalue weighted by atomic mass is 16.3. The van der Waals surface area contributed by atoms with Gasteiger partial charge in [-0.1, -0.05) is 0 Å². The normalized spacial score (nSPS) is 25.7. The Kier molecular flexibility index (Phi) is 6.58. The van der Waals surface area contributed by atoms with Crippen LogP contribution in [0.25, 0.3) is 5.76 Å². The summed E-state index contributed by atoms with van der Waals surface area (Å²) in [5.74, 6) is -6.90. The lowest BCUT2D eigenvalue weighted by Gasteiger charge is -2.50. The first-order valence-electron chi connectivity index (χ1n) is 13.0. The number of benzene rings is 1. The second kappa shape index (κ2) is 9.60. The maximum atomic E-state index is 14.1. The third-order valence-corrected chi connectivity index (χ3v) is 8.52. The Labute approximate surface area is 235 Å². The van der Waals surface area contributed by atoms with Gasteiger partial charge in [-0.25, -0.2) is 0 Å². The molecule has 12 heteroatoms. The maximum absolute atomic E-state index is 14.1. The van der Waals surface area contributed by atoms with Gasteiger partial charge in [-0.05, 0) is 50.6 Å². The molecule has 3 aliphatic carbocycles. The van der Waals surface area contributed by atoms with Crippen LogP contribution in [0.5, 0.6) is 5.75 Å². The molecule has 1 amide bonds. The number of ketones is 2. The molecule has 0 unspecified atom stereocenters. The van der Waals surface area contributed by atoms with E-state index >= 15 is 0 Å². The predicted molar refractivity (Wildman–Crippen MR) is 147 cm³/mol. The Hall–Kier alpha value is -4.42. The molecule has 0 spiro atoms. The SMILES string of the molecule is CN(C)c1cc(Cn2ccc(C=O)c2)c(O)c2c1C[C@H]1C[C@H]3[C@@H](N(C)C)C(=O)C(C(N)=O)=C(O)[C@@]3(O)C(=O)C1=C2O. The number of nitrogens with two attached hydrogens (primary N) is 1. The molecule has 216 valence electrons. The molecule has 4 atom stereocenters. The number of carbonyl (C=O) groups excluding carboxylic acids is 4. The van der Waals surface area contributed by atoms with Crippen LogP contribution in [0.3, 0.4) is 0 Å². The van der Waals surface area contributed by atoms with Gasteiger partial charge in [0, 0.05) is 54.8 Å². The average Bonchev–Trinajstić information content (AvgIpc) is 3.34. The molecule has 0 saturated heterocycles. The first kappa shape index (κ1) is 28.1. The molecule has 2 aromatic rings. The molecule has 1 fully saturated rings. The van der Waals surface area contributed by atoms with Crippen molar-refractivity contribution in [2.24, 2.45) is 17.6 Å². The minimum Gasteiger partial charge on any atom is -0.508 e. The van der Waals surface area contributed by atoms with Gasteiger partial charge in [0.2, 0.25) is 5.78 Å². The number of hydrogen-bond donors (Lipinski definition) is 5. The van der Waals surface area contributed by atoms with Crippen molar-refractivity contribution in [3.63, 3.8) is 0 Å². The van der Waals surface area contributed by atoms with Gasteiger partial charge < -0.3 is 35.6 Å². The number of Topliss-reactive ketones (excluding diaryl/α,β-unsaturated/α-hetero) is 2. The molecular formula is C29H32N4O8. The summed E-state index contributed by atoms with van der Waals surface area (Å²) >= 11 is 0. The number of aliphatic hydroxyl groups is 3. The number of phenolic OH excluding ortho intramolecular Hbond substituents is 1. The lowest BCUT2D eigenvalue weighted by molar-refractivity contribution is -0.153. The van der Waals surface area contributed by atoms with Crippen LogP contribution in [-0.4, -0.2) is 93.5 Å². The topological polar surface area (TPSA) is 187 Å². The minimum absolute atomic E-state index is 0.0129. The number of phenols is 1. The number of fused-ring (bicyclic) bond motifs is 3. The summed E-state index contributed by atoms with van der Waals surface area (Å²) in [6.07, 6.45) is 4.18. The van der Waals surface area contributed by atoms with Crippen LogP contribution in [0.1, 0.15) is 33.5 Å². The van der Waals surface area contributed by atoms with Crippen molar-refractivity contribution in [1.29, 1.82) is 0 Å². The van der Waals surface area contributed by atoms with Gasteiger partial charge in [0.1, 0.15) is 22.8 Å². The number of primary amides is 1. The summed E-state index contributed by atoms with van der Waals surface area (Å²) in [5, 5.41) is 45.7. The monoisotopic (exact) mass is 564 g/mol. The van der Waals surface area contributed by atoms with Crippen molar-refractivity contribution in [3.05, 3.63) is 63.7 Å². The molecule has 0 bridgehead atoms. The number of rotatable bonds is 6. The Morgan fingerprint density at radius 3 is 2.44 bits per heavy atom. The predicted octanol–water partition coefficient (Wildman–Crippen LogP) is 0.692. The van der Waals surface area contributed by atoms with E-state index in [4.69, 9.17) is 5.73 Å². The number of anilines is 1. The lowest BCUT2D eigenvalue weighted by Crippen LogP contribution is -2.65. The first-order valence-corrected chi connectivity index (χ1v) is 13.0. The van der Waals surface area contributed by atoms with Crippen molar-refractivity contribution < 1.29 is 39.6 Å². The number of aldehydes is 1. The number of aromatic nitrogens is 1. The van der Waals surface area contributed by atoms with Crippen molar-refractivity contribution >= 4 is 35.2 Å². The molecular weight excluding hydrogens is 532 g/mol. The van der Waals surface area contributed by atoms with E-state index < -0.39 is 58.0 Å². The van der Waals surface area contributed by atoms with Crippen molar-refractivity contribution in [1.82, 2.24) is 9.47 Å². The Morgan fingerprint density at radius 2 is 1.88 bits per heavy atom. The zero-order valence-electron chi connectivity index (χ0n) is 23.1. The zero-order chi connectivity index (χ0) is 30.1. The summed E-state index contributed by atoms with van der Waals surface area (Å²) in [5.41, 5.74) is 3.74. The van der Waals surface area contributed by atoms with Gasteiger partial charge in [0.25, 0.3) is 5.91 Å². The summed E-state index contributed by atoms with van der Waals surface area (Å²) in [6.45, 7) is 0.151. The number of amides is 1. The fourth-order valence-electron chi connectivity index (χ4n) is 6.69. The Balaban J connectivity index is 1.71. The highest BCUT2D eigenvalue weighted by Crippen LogP contribution is 2.54. The number of nitrogens with zero attached hydrogens (tertiary/aromatic N) is 3. The minimum atomic E-state index is -2.70. The van der Waals surface area contributed by atoms with Gasteiger partial charge in [-0.15, -0.1) is 0 Å². The van der Waals surface area contributed by atoms with Crippen LogP contribution in [-0.2, 0) is 27.3 Å². The lowest BCUT2D eigenvalue weighted by atomic mass is 9.57. The molecule has 1 saturated carbocycles. The molecule has 41 heavy (non-hydrogen) atoms. The van der Waals surface area contributed by atoms with Gasteiger partial charge in [-0.2, -0.15) is 0 Å². The highest BCUT2D eigenvalue weighted by Gasteiger charge is 2.64. The van der Waals surface area contributed by atoms with E-state index in [1.807, 2.05) is 4.90 Å². The van der Waals surface area contributed by atoms with E-state index in [0.717, 1.165) is 0 Å². The summed E-state index contributed by atoms with van der Waals surface area (Å²) in [7, 11) is 6.71. The highest BCUT2D eigenvalue weighted by molar-refractivity contribution is 6.24. The quantitative estimate of drug-likeness (QED) is 0.247. The van der Waals surface area contributed by atoms with E-state index in [1.165, 1.54) is 4.90 Å². The van der Waals surface area contributed by atoms with E-state index in [-0.39, 0.29) is 36.3 Å². The van der Waals surface area contributed by atoms with Crippen molar-refractivity contribution in [2.45, 2.75) is 31.0 Å². The van der Waals surface area contributed by atoms with Gasteiger partial charge in [-0.3, -0.25) is 24.1 Å². The second-order valence-corrected chi connectivity index (χ2v) is 11.3. The van der Waals surface area contributed by atoms with E-state index in [9.17, 15) is 39.6 Å². The smallest absolute Gasteiger partial charge is 0.255 e. The average molecular weight is 565 g/mol. The third-order valence-electron chi connectivity index (χ3n) is 8.52. The largest absolute Gasteiger partial charge is 0.508 e. The molecule has 1 heterocycles. The van der Waals surface area contributed by atoms with Crippen LogP contribution in [0, 0.1) is 11.8 Å². The maximum Gasteiger partial charge on any atom is 0.255 e. The van der Waals surface area contributed by atoms with Gasteiger partial charge >= 0.3 is 0 Å². The standard InChI is InChI=1S/C29H32N4O8/c1-31(2)18-9-15(11-33-6-5-13(10-33)12-34)23(35)20-16(18)7-14-8-17-22(32(3)4)25(37)21(28(30)40)27(39)29(17,41)26(38)19(14)24(20)36/h5-6,9-10,12,14,17,22,35-36,39,41H,7-8,11H2,1-4H3,(H2,30,40)/t14-,17-,22+,29-/m0/s1. The number of carbonyl (C=O) groups is 4. The van der Waals surface area contributed by atoms with Crippen molar-refractivity contribution in [2.75, 3.05) is 33.1 Å². The van der Waals surface area contributed by atoms with Crippen LogP contribution in [0.4, 0.5) is 5.69 Å². The fraction of sp³-hybridized carbons (Fsp3) is 0.379. The molecule has 0 radical (unpaired) electrons. The number of hydrogen-bond acceptors (Lipinski definition) is 10. The molecule has 6 N–H and O–H groups in total. The third kappa shape index (κ3) is 3.97. The zero-order valence-corrected chi connectivity index (χ0v) is 23.1. The van der Waals surface area contributed by atoms with Gasteiger partial charge in [0.05, 0.1) is 18.2 Å². The van der Waals surface area contributed by atoms with Crippen LogP contribution in [0.15, 0.2) is 41.4 Å². The molecule has 1 aromatic heterocycles. The summed E-state index contributed by atoms with van der Waals surface area (Å²) in [4.78, 5) is 53.9. The molecule has 3 aliphatic rings. The molecule has 0 aliphatic heterocycles. The van der Waals surface area contributed by atoms with Crippen LogP contribution >= 0.6 is 0 Å². The first-order chi connectivity index (χ1) is 19.2. The number of likely N-dealkylation sites (N-methyl/N-ethyl adjacent to an activating group) is 1.